The van der Waals surface area contributed by atoms with Crippen LogP contribution in [0.2, 0.25) is 0 Å². The lowest BCUT2D eigenvalue weighted by molar-refractivity contribution is -0.139. The maximum atomic E-state index is 11.3. The van der Waals surface area contributed by atoms with E-state index in [2.05, 4.69) is 11.1 Å². The highest BCUT2D eigenvalue weighted by Crippen LogP contribution is 2.26. The van der Waals surface area contributed by atoms with Crippen LogP contribution in [0.5, 0.6) is 0 Å². The second-order valence-corrected chi connectivity index (χ2v) is 4.48. The van der Waals surface area contributed by atoms with Crippen LogP contribution < -0.4 is 4.90 Å². The summed E-state index contributed by atoms with van der Waals surface area (Å²) in [6, 6.07) is 4.98. The first-order valence-electron chi connectivity index (χ1n) is 6.00. The Bertz CT molecular complexity index is 507. The molecule has 0 aromatic carbocycles. The van der Waals surface area contributed by atoms with Crippen molar-refractivity contribution in [1.29, 1.82) is 5.26 Å². The van der Waals surface area contributed by atoms with Crippen molar-refractivity contribution < 1.29 is 9.90 Å². The summed E-state index contributed by atoms with van der Waals surface area (Å²) in [6.07, 6.45) is 2.45. The van der Waals surface area contributed by atoms with Gasteiger partial charge in [0.15, 0.2) is 0 Å². The van der Waals surface area contributed by atoms with Gasteiger partial charge in [0, 0.05) is 12.2 Å². The molecule has 0 amide bonds. The number of carboxylic acid groups (broad SMARTS) is 1. The van der Waals surface area contributed by atoms with Gasteiger partial charge < -0.3 is 10.0 Å². The molecule has 1 aliphatic rings. The van der Waals surface area contributed by atoms with E-state index in [0.717, 1.165) is 18.5 Å². The third-order valence-electron chi connectivity index (χ3n) is 3.19. The minimum absolute atomic E-state index is 0.439. The van der Waals surface area contributed by atoms with Gasteiger partial charge >= 0.3 is 5.97 Å². The molecule has 1 aromatic heterocycles. The Morgan fingerprint density at radius 1 is 1.56 bits per heavy atom. The quantitative estimate of drug-likeness (QED) is 0.858. The van der Waals surface area contributed by atoms with Crippen LogP contribution in [0, 0.1) is 18.3 Å². The van der Waals surface area contributed by atoms with Crippen molar-refractivity contribution in [2.75, 3.05) is 11.4 Å². The minimum Gasteiger partial charge on any atom is -0.480 e. The van der Waals surface area contributed by atoms with E-state index in [1.54, 1.807) is 17.0 Å². The molecule has 1 aromatic rings. The molecular weight excluding hydrogens is 230 g/mol. The third kappa shape index (κ3) is 2.28. The summed E-state index contributed by atoms with van der Waals surface area (Å²) in [7, 11) is 0. The van der Waals surface area contributed by atoms with Crippen LogP contribution in [-0.2, 0) is 4.79 Å². The van der Waals surface area contributed by atoms with Gasteiger partial charge in [-0.3, -0.25) is 0 Å². The third-order valence-corrected chi connectivity index (χ3v) is 3.19. The topological polar surface area (TPSA) is 77.2 Å². The van der Waals surface area contributed by atoms with Gasteiger partial charge in [-0.2, -0.15) is 5.26 Å². The van der Waals surface area contributed by atoms with Crippen molar-refractivity contribution in [2.24, 2.45) is 0 Å². The second-order valence-electron chi connectivity index (χ2n) is 4.48. The van der Waals surface area contributed by atoms with E-state index in [0.29, 0.717) is 24.3 Å². The highest BCUT2D eigenvalue weighted by atomic mass is 16.4. The SMILES string of the molecule is Cc1ccc(C#N)c(N2CCCCC2C(=O)O)n1. The fourth-order valence-electron chi connectivity index (χ4n) is 2.29. The first-order valence-corrected chi connectivity index (χ1v) is 6.00. The molecule has 5 heteroatoms. The van der Waals surface area contributed by atoms with E-state index in [1.165, 1.54) is 0 Å². The van der Waals surface area contributed by atoms with E-state index in [4.69, 9.17) is 5.26 Å². The van der Waals surface area contributed by atoms with E-state index in [1.807, 2.05) is 6.92 Å². The number of aromatic nitrogens is 1. The average molecular weight is 245 g/mol. The lowest BCUT2D eigenvalue weighted by Gasteiger charge is -2.34. The first-order chi connectivity index (χ1) is 8.63. The predicted molar refractivity (Wildman–Crippen MR) is 66.3 cm³/mol. The lowest BCUT2D eigenvalue weighted by Crippen LogP contribution is -2.45. The molecule has 1 unspecified atom stereocenters. The molecule has 5 nitrogen and oxygen atoms in total. The monoisotopic (exact) mass is 245 g/mol. The zero-order chi connectivity index (χ0) is 13.1. The van der Waals surface area contributed by atoms with E-state index >= 15 is 0 Å². The molecule has 0 radical (unpaired) electrons. The van der Waals surface area contributed by atoms with Crippen LogP contribution in [0.4, 0.5) is 5.82 Å². The number of rotatable bonds is 2. The van der Waals surface area contributed by atoms with Gasteiger partial charge in [0.05, 0.1) is 5.56 Å². The van der Waals surface area contributed by atoms with E-state index < -0.39 is 12.0 Å². The number of hydrogen-bond donors (Lipinski definition) is 1. The molecule has 94 valence electrons. The standard InChI is InChI=1S/C13H15N3O2/c1-9-5-6-10(8-14)12(15-9)16-7-3-2-4-11(16)13(17)18/h5-6,11H,2-4,7H2,1H3,(H,17,18). The van der Waals surface area contributed by atoms with Crippen LogP contribution in [0.25, 0.3) is 0 Å². The van der Waals surface area contributed by atoms with Crippen molar-refractivity contribution in [3.05, 3.63) is 23.4 Å². The Morgan fingerprint density at radius 2 is 2.33 bits per heavy atom. The van der Waals surface area contributed by atoms with Crippen molar-refractivity contribution in [3.8, 4) is 6.07 Å². The summed E-state index contributed by atoms with van der Waals surface area (Å²) < 4.78 is 0. The molecule has 1 N–H and O–H groups in total. The highest BCUT2D eigenvalue weighted by molar-refractivity contribution is 5.78. The number of anilines is 1. The Labute approximate surface area is 106 Å². The zero-order valence-electron chi connectivity index (χ0n) is 10.3. The molecule has 0 saturated carbocycles. The largest absolute Gasteiger partial charge is 0.480 e. The Hall–Kier alpha value is -2.09. The lowest BCUT2D eigenvalue weighted by atomic mass is 10.0. The van der Waals surface area contributed by atoms with Crippen molar-refractivity contribution in [1.82, 2.24) is 4.98 Å². The summed E-state index contributed by atoms with van der Waals surface area (Å²) in [6.45, 7) is 2.48. The number of aryl methyl sites for hydroxylation is 1. The Morgan fingerprint density at radius 3 is 3.00 bits per heavy atom. The number of hydrogen-bond acceptors (Lipinski definition) is 4. The van der Waals surface area contributed by atoms with Crippen molar-refractivity contribution >= 4 is 11.8 Å². The van der Waals surface area contributed by atoms with E-state index in [9.17, 15) is 9.90 Å². The van der Waals surface area contributed by atoms with Gasteiger partial charge in [-0.05, 0) is 38.3 Å². The molecule has 1 atom stereocenters. The summed E-state index contributed by atoms with van der Waals surface area (Å²) in [5.41, 5.74) is 1.23. The van der Waals surface area contributed by atoms with Crippen LogP contribution in [0.3, 0.4) is 0 Å². The number of nitrogens with zero attached hydrogens (tertiary/aromatic N) is 3. The van der Waals surface area contributed by atoms with E-state index in [-0.39, 0.29) is 0 Å². The maximum Gasteiger partial charge on any atom is 0.326 e. The molecular formula is C13H15N3O2. The summed E-state index contributed by atoms with van der Waals surface area (Å²) >= 11 is 0. The van der Waals surface area contributed by atoms with Gasteiger partial charge in [-0.25, -0.2) is 9.78 Å². The highest BCUT2D eigenvalue weighted by Gasteiger charge is 2.30. The van der Waals surface area contributed by atoms with Crippen LogP contribution in [0.15, 0.2) is 12.1 Å². The van der Waals surface area contributed by atoms with Gasteiger partial charge in [0.25, 0.3) is 0 Å². The zero-order valence-corrected chi connectivity index (χ0v) is 10.3. The number of piperidine rings is 1. The number of carbonyl (C=O) groups is 1. The number of pyridine rings is 1. The Balaban J connectivity index is 2.42. The van der Waals surface area contributed by atoms with Gasteiger partial charge in [0.2, 0.25) is 0 Å². The minimum atomic E-state index is -0.845. The Kier molecular flexibility index (Phi) is 3.47. The van der Waals surface area contributed by atoms with Gasteiger partial charge in [-0.15, -0.1) is 0 Å². The number of aliphatic carboxylic acids is 1. The van der Waals surface area contributed by atoms with Crippen LogP contribution in [-0.4, -0.2) is 28.6 Å². The number of carboxylic acids is 1. The van der Waals surface area contributed by atoms with Gasteiger partial charge in [-0.1, -0.05) is 0 Å². The summed E-state index contributed by atoms with van der Waals surface area (Å²) in [4.78, 5) is 17.4. The van der Waals surface area contributed by atoms with Crippen molar-refractivity contribution in [2.45, 2.75) is 32.2 Å². The molecule has 18 heavy (non-hydrogen) atoms. The molecule has 1 saturated heterocycles. The molecule has 0 spiro atoms. The molecule has 0 bridgehead atoms. The normalized spacial score (nSPS) is 19.3. The second kappa shape index (κ2) is 5.05. The molecule has 2 heterocycles. The maximum absolute atomic E-state index is 11.3. The molecule has 1 aliphatic heterocycles. The predicted octanol–water partition coefficient (Wildman–Crippen LogP) is 1.71. The van der Waals surface area contributed by atoms with Crippen LogP contribution >= 0.6 is 0 Å². The fraction of sp³-hybridized carbons (Fsp3) is 0.462. The average Bonchev–Trinajstić information content (AvgIpc) is 2.38. The molecule has 1 fully saturated rings. The number of nitriles is 1. The molecule has 0 aliphatic carbocycles. The molecule has 2 rings (SSSR count). The van der Waals surface area contributed by atoms with Gasteiger partial charge in [0.1, 0.15) is 17.9 Å². The smallest absolute Gasteiger partial charge is 0.326 e. The van der Waals surface area contributed by atoms with Crippen molar-refractivity contribution in [3.63, 3.8) is 0 Å². The summed E-state index contributed by atoms with van der Waals surface area (Å²) in [5.74, 6) is -0.341. The fourth-order valence-corrected chi connectivity index (χ4v) is 2.29. The van der Waals surface area contributed by atoms with Crippen LogP contribution in [0.1, 0.15) is 30.5 Å². The summed E-state index contributed by atoms with van der Waals surface area (Å²) in [5, 5.41) is 18.4. The first kappa shape index (κ1) is 12.4.